The summed E-state index contributed by atoms with van der Waals surface area (Å²) in [6, 6.07) is 5.64. The zero-order chi connectivity index (χ0) is 18.1. The molecule has 0 spiro atoms. The van der Waals surface area contributed by atoms with Crippen molar-refractivity contribution in [1.82, 2.24) is 19.8 Å². The highest BCUT2D eigenvalue weighted by molar-refractivity contribution is 5.97. The summed E-state index contributed by atoms with van der Waals surface area (Å²) in [6.07, 6.45) is 4.74. The molecule has 2 N–H and O–H groups in total. The average molecular weight is 356 g/mol. The number of hydrogen-bond donors (Lipinski definition) is 2. The van der Waals surface area contributed by atoms with E-state index < -0.39 is 5.60 Å². The first-order chi connectivity index (χ1) is 12.5. The first-order valence-corrected chi connectivity index (χ1v) is 9.73. The smallest absolute Gasteiger partial charge is 0.253 e. The minimum absolute atomic E-state index is 0.0459. The van der Waals surface area contributed by atoms with Crippen molar-refractivity contribution < 1.29 is 9.90 Å². The van der Waals surface area contributed by atoms with Crippen molar-refractivity contribution in [2.24, 2.45) is 0 Å². The molecular weight excluding hydrogens is 328 g/mol. The maximum Gasteiger partial charge on any atom is 0.253 e. The van der Waals surface area contributed by atoms with Gasteiger partial charge in [-0.25, -0.2) is 4.98 Å². The van der Waals surface area contributed by atoms with Crippen LogP contribution in [0.3, 0.4) is 0 Å². The van der Waals surface area contributed by atoms with Crippen LogP contribution in [0.1, 0.15) is 48.3 Å². The SMILES string of the molecule is Cc1nc2ccc(C(=O)N3CCCC(O)(CN4CCCC4)CC3)cc2[nH]1. The van der Waals surface area contributed by atoms with Gasteiger partial charge in [-0.05, 0) is 70.3 Å². The number of likely N-dealkylation sites (tertiary alicyclic amines) is 2. The predicted molar refractivity (Wildman–Crippen MR) is 101 cm³/mol. The number of fused-ring (bicyclic) bond motifs is 1. The third-order valence-electron chi connectivity index (χ3n) is 5.77. The zero-order valence-electron chi connectivity index (χ0n) is 15.5. The first-order valence-electron chi connectivity index (χ1n) is 9.73. The van der Waals surface area contributed by atoms with Crippen LogP contribution in [0, 0.1) is 6.92 Å². The number of amides is 1. The Morgan fingerprint density at radius 1 is 1.19 bits per heavy atom. The van der Waals surface area contributed by atoms with Crippen LogP contribution in [-0.2, 0) is 0 Å². The molecule has 6 nitrogen and oxygen atoms in total. The molecule has 2 aromatic rings. The lowest BCUT2D eigenvalue weighted by Crippen LogP contribution is -2.43. The third-order valence-corrected chi connectivity index (χ3v) is 5.77. The Labute approximate surface area is 154 Å². The lowest BCUT2D eigenvalue weighted by atomic mass is 9.94. The van der Waals surface area contributed by atoms with E-state index in [-0.39, 0.29) is 5.91 Å². The predicted octanol–water partition coefficient (Wildman–Crippen LogP) is 2.32. The van der Waals surface area contributed by atoms with Gasteiger partial charge in [0, 0.05) is 25.2 Å². The molecule has 0 saturated carbocycles. The van der Waals surface area contributed by atoms with E-state index in [4.69, 9.17) is 0 Å². The van der Waals surface area contributed by atoms with Crippen LogP contribution < -0.4 is 0 Å². The number of hydrogen-bond acceptors (Lipinski definition) is 4. The van der Waals surface area contributed by atoms with Gasteiger partial charge < -0.3 is 19.9 Å². The van der Waals surface area contributed by atoms with Crippen LogP contribution in [0.5, 0.6) is 0 Å². The Hall–Kier alpha value is -1.92. The molecule has 0 radical (unpaired) electrons. The van der Waals surface area contributed by atoms with Crippen molar-refractivity contribution in [1.29, 1.82) is 0 Å². The fraction of sp³-hybridized carbons (Fsp3) is 0.600. The van der Waals surface area contributed by atoms with E-state index in [1.807, 2.05) is 30.0 Å². The Morgan fingerprint density at radius 3 is 2.81 bits per heavy atom. The quantitative estimate of drug-likeness (QED) is 0.885. The van der Waals surface area contributed by atoms with E-state index in [0.29, 0.717) is 25.1 Å². The number of rotatable bonds is 3. The number of benzene rings is 1. The van der Waals surface area contributed by atoms with Gasteiger partial charge in [-0.1, -0.05) is 0 Å². The summed E-state index contributed by atoms with van der Waals surface area (Å²) in [5.41, 5.74) is 1.80. The Kier molecular flexibility index (Phi) is 4.71. The Balaban J connectivity index is 1.44. The van der Waals surface area contributed by atoms with E-state index in [9.17, 15) is 9.90 Å². The van der Waals surface area contributed by atoms with Gasteiger partial charge in [-0.15, -0.1) is 0 Å². The Morgan fingerprint density at radius 2 is 2.00 bits per heavy atom. The Bertz CT molecular complexity index is 796. The molecule has 0 aliphatic carbocycles. The van der Waals surface area contributed by atoms with E-state index in [1.165, 1.54) is 12.8 Å². The number of aromatic nitrogens is 2. The summed E-state index contributed by atoms with van der Waals surface area (Å²) in [5, 5.41) is 11.0. The van der Waals surface area contributed by atoms with Crippen molar-refractivity contribution in [3.8, 4) is 0 Å². The van der Waals surface area contributed by atoms with Crippen LogP contribution in [-0.4, -0.2) is 69.1 Å². The lowest BCUT2D eigenvalue weighted by molar-refractivity contribution is -0.00290. The van der Waals surface area contributed by atoms with Gasteiger partial charge in [0.2, 0.25) is 0 Å². The molecule has 0 bridgehead atoms. The molecule has 2 aliphatic rings. The van der Waals surface area contributed by atoms with Gasteiger partial charge in [-0.2, -0.15) is 0 Å². The second-order valence-electron chi connectivity index (χ2n) is 7.91. The highest BCUT2D eigenvalue weighted by Crippen LogP contribution is 2.26. The molecule has 2 fully saturated rings. The van der Waals surface area contributed by atoms with Crippen molar-refractivity contribution in [2.75, 3.05) is 32.7 Å². The van der Waals surface area contributed by atoms with E-state index in [1.54, 1.807) is 0 Å². The summed E-state index contributed by atoms with van der Waals surface area (Å²) in [4.78, 5) is 24.8. The number of aliphatic hydroxyl groups is 1. The molecule has 2 saturated heterocycles. The monoisotopic (exact) mass is 356 g/mol. The van der Waals surface area contributed by atoms with Gasteiger partial charge >= 0.3 is 0 Å². The number of nitrogens with one attached hydrogen (secondary N) is 1. The highest BCUT2D eigenvalue weighted by Gasteiger charge is 2.34. The third kappa shape index (κ3) is 3.62. The number of aryl methyl sites for hydroxylation is 1. The number of β-amino-alcohol motifs (C(OH)–C–C–N with tert-alkyl or cyclic N) is 1. The molecule has 26 heavy (non-hydrogen) atoms. The van der Waals surface area contributed by atoms with E-state index in [2.05, 4.69) is 14.9 Å². The molecule has 140 valence electrons. The van der Waals surface area contributed by atoms with E-state index >= 15 is 0 Å². The van der Waals surface area contributed by atoms with Crippen LogP contribution in [0.4, 0.5) is 0 Å². The summed E-state index contributed by atoms with van der Waals surface area (Å²) in [6.45, 7) is 6.17. The first kappa shape index (κ1) is 17.5. The topological polar surface area (TPSA) is 72.5 Å². The number of carbonyl (C=O) groups excluding carboxylic acids is 1. The minimum Gasteiger partial charge on any atom is -0.388 e. The number of aromatic amines is 1. The summed E-state index contributed by atoms with van der Waals surface area (Å²) in [5.74, 6) is 0.899. The van der Waals surface area contributed by atoms with Crippen LogP contribution in [0.15, 0.2) is 18.2 Å². The largest absolute Gasteiger partial charge is 0.388 e. The summed E-state index contributed by atoms with van der Waals surface area (Å²) in [7, 11) is 0. The fourth-order valence-electron chi connectivity index (χ4n) is 4.35. The van der Waals surface area contributed by atoms with Gasteiger partial charge in [-0.3, -0.25) is 4.79 Å². The molecule has 6 heteroatoms. The minimum atomic E-state index is -0.663. The van der Waals surface area contributed by atoms with Crippen molar-refractivity contribution in [3.05, 3.63) is 29.6 Å². The summed E-state index contributed by atoms with van der Waals surface area (Å²) < 4.78 is 0. The van der Waals surface area contributed by atoms with E-state index in [0.717, 1.165) is 49.3 Å². The van der Waals surface area contributed by atoms with Crippen LogP contribution >= 0.6 is 0 Å². The zero-order valence-corrected chi connectivity index (χ0v) is 15.5. The van der Waals surface area contributed by atoms with Crippen molar-refractivity contribution in [2.45, 2.75) is 44.6 Å². The molecule has 1 aromatic carbocycles. The standard InChI is InChI=1S/C20H28N4O2/c1-15-21-17-6-5-16(13-18(17)22-15)19(25)24-11-4-7-20(26,8-12-24)14-23-9-2-3-10-23/h5-6,13,26H,2-4,7-12,14H2,1H3,(H,21,22). The van der Waals surface area contributed by atoms with Gasteiger partial charge in [0.15, 0.2) is 0 Å². The van der Waals surface area contributed by atoms with Gasteiger partial charge in [0.1, 0.15) is 5.82 Å². The van der Waals surface area contributed by atoms with Crippen LogP contribution in [0.2, 0.25) is 0 Å². The fourth-order valence-corrected chi connectivity index (χ4v) is 4.35. The highest BCUT2D eigenvalue weighted by atomic mass is 16.3. The van der Waals surface area contributed by atoms with Crippen molar-refractivity contribution in [3.63, 3.8) is 0 Å². The van der Waals surface area contributed by atoms with Crippen LogP contribution in [0.25, 0.3) is 11.0 Å². The number of H-pyrrole nitrogens is 1. The van der Waals surface area contributed by atoms with Gasteiger partial charge in [0.05, 0.1) is 16.6 Å². The molecule has 1 aromatic heterocycles. The van der Waals surface area contributed by atoms with Crippen molar-refractivity contribution >= 4 is 16.9 Å². The second-order valence-corrected chi connectivity index (χ2v) is 7.91. The number of nitrogens with zero attached hydrogens (tertiary/aromatic N) is 3. The second kappa shape index (κ2) is 7.00. The lowest BCUT2D eigenvalue weighted by Gasteiger charge is -2.31. The molecule has 1 atom stereocenters. The molecule has 2 aliphatic heterocycles. The molecule has 1 amide bonds. The number of carbonyl (C=O) groups is 1. The molecule has 1 unspecified atom stereocenters. The molecule has 3 heterocycles. The molecule has 4 rings (SSSR count). The normalized spacial score (nSPS) is 24.9. The maximum atomic E-state index is 13.0. The maximum absolute atomic E-state index is 13.0. The molecular formula is C20H28N4O2. The summed E-state index contributed by atoms with van der Waals surface area (Å²) >= 11 is 0. The average Bonchev–Trinajstić information content (AvgIpc) is 3.19. The number of imidazole rings is 1. The van der Waals surface area contributed by atoms with Gasteiger partial charge in [0.25, 0.3) is 5.91 Å².